The van der Waals surface area contributed by atoms with E-state index in [1.165, 1.54) is 18.2 Å². The van der Waals surface area contributed by atoms with Gasteiger partial charge in [-0.1, -0.05) is 35.3 Å². The number of rotatable bonds is 2. The van der Waals surface area contributed by atoms with E-state index >= 15 is 0 Å². The van der Waals surface area contributed by atoms with Crippen LogP contribution in [0.15, 0.2) is 36.4 Å². The maximum absolute atomic E-state index is 12.3. The molecule has 1 heterocycles. The minimum atomic E-state index is -0.552. The molecule has 0 atom stereocenters. The number of fused-ring (bicyclic) bond motifs is 1. The normalized spacial score (nSPS) is 13.7. The number of benzene rings is 2. The number of halogens is 2. The zero-order chi connectivity index (χ0) is 15.1. The van der Waals surface area contributed by atoms with Gasteiger partial charge >= 0.3 is 0 Å². The van der Waals surface area contributed by atoms with Gasteiger partial charge < -0.3 is 5.11 Å². The Labute approximate surface area is 130 Å². The van der Waals surface area contributed by atoms with Crippen molar-refractivity contribution in [3.8, 4) is 5.75 Å². The van der Waals surface area contributed by atoms with E-state index in [-0.39, 0.29) is 23.4 Å². The lowest BCUT2D eigenvalue weighted by atomic mass is 10.1. The van der Waals surface area contributed by atoms with Crippen molar-refractivity contribution in [3.63, 3.8) is 0 Å². The summed E-state index contributed by atoms with van der Waals surface area (Å²) in [6.45, 7) is -0.0374. The van der Waals surface area contributed by atoms with Gasteiger partial charge in [-0.3, -0.25) is 14.5 Å². The fraction of sp³-hybridized carbons (Fsp3) is 0.0667. The van der Waals surface area contributed by atoms with Crippen molar-refractivity contribution in [3.05, 3.63) is 63.1 Å². The molecular weight excluding hydrogens is 313 g/mol. The summed E-state index contributed by atoms with van der Waals surface area (Å²) in [5.41, 5.74) is 0.698. The molecule has 21 heavy (non-hydrogen) atoms. The molecule has 106 valence electrons. The Morgan fingerprint density at radius 2 is 1.57 bits per heavy atom. The summed E-state index contributed by atoms with van der Waals surface area (Å²) >= 11 is 12.1. The monoisotopic (exact) mass is 321 g/mol. The molecule has 0 bridgehead atoms. The summed E-state index contributed by atoms with van der Waals surface area (Å²) in [5.74, 6) is -1.23. The van der Waals surface area contributed by atoms with Gasteiger partial charge in [0, 0.05) is 15.6 Å². The second-order valence-corrected chi connectivity index (χ2v) is 5.41. The van der Waals surface area contributed by atoms with Crippen LogP contribution in [0, 0.1) is 0 Å². The van der Waals surface area contributed by atoms with Crippen LogP contribution in [-0.4, -0.2) is 21.8 Å². The van der Waals surface area contributed by atoms with E-state index in [1.807, 2.05) is 0 Å². The zero-order valence-corrected chi connectivity index (χ0v) is 12.1. The highest BCUT2D eigenvalue weighted by molar-refractivity contribution is 6.36. The van der Waals surface area contributed by atoms with Crippen molar-refractivity contribution >= 4 is 35.0 Å². The number of carbonyl (C=O) groups excluding carboxylic acids is 2. The predicted octanol–water partition coefficient (Wildman–Crippen LogP) is 3.50. The molecule has 0 fully saturated rings. The Hall–Kier alpha value is -2.04. The van der Waals surface area contributed by atoms with Gasteiger partial charge in [0.2, 0.25) is 0 Å². The van der Waals surface area contributed by atoms with Crippen LogP contribution in [0.25, 0.3) is 0 Å². The summed E-state index contributed by atoms with van der Waals surface area (Å²) < 4.78 is 0. The van der Waals surface area contributed by atoms with Gasteiger partial charge in [-0.2, -0.15) is 0 Å². The fourth-order valence-corrected chi connectivity index (χ4v) is 2.82. The van der Waals surface area contributed by atoms with Crippen LogP contribution >= 0.6 is 23.2 Å². The number of carbonyl (C=O) groups is 2. The largest absolute Gasteiger partial charge is 0.507 e. The highest BCUT2D eigenvalue weighted by Crippen LogP contribution is 2.33. The van der Waals surface area contributed by atoms with Crippen molar-refractivity contribution in [1.82, 2.24) is 4.90 Å². The molecule has 0 saturated heterocycles. The van der Waals surface area contributed by atoms with Gasteiger partial charge in [0.1, 0.15) is 5.75 Å². The summed E-state index contributed by atoms with van der Waals surface area (Å²) in [5, 5.41) is 10.5. The Morgan fingerprint density at radius 1 is 0.952 bits per heavy atom. The Morgan fingerprint density at radius 3 is 2.19 bits per heavy atom. The van der Waals surface area contributed by atoms with E-state index in [1.54, 1.807) is 18.2 Å². The Balaban J connectivity index is 2.01. The zero-order valence-electron chi connectivity index (χ0n) is 10.6. The maximum Gasteiger partial charge on any atom is 0.265 e. The third-order valence-electron chi connectivity index (χ3n) is 3.35. The highest BCUT2D eigenvalue weighted by Gasteiger charge is 2.38. The predicted molar refractivity (Wildman–Crippen MR) is 78.8 cm³/mol. The Bertz CT molecular complexity index is 753. The lowest BCUT2D eigenvalue weighted by molar-refractivity contribution is 0.0642. The van der Waals surface area contributed by atoms with Crippen molar-refractivity contribution < 1.29 is 14.7 Å². The minimum absolute atomic E-state index is 0.0191. The van der Waals surface area contributed by atoms with Gasteiger partial charge in [0.15, 0.2) is 0 Å². The van der Waals surface area contributed by atoms with Crippen molar-refractivity contribution in [2.24, 2.45) is 0 Å². The molecule has 4 nitrogen and oxygen atoms in total. The average molecular weight is 322 g/mol. The van der Waals surface area contributed by atoms with E-state index in [4.69, 9.17) is 23.2 Å². The third-order valence-corrected chi connectivity index (χ3v) is 4.06. The maximum atomic E-state index is 12.3. The Kier molecular flexibility index (Phi) is 3.35. The first-order valence-electron chi connectivity index (χ1n) is 6.11. The first-order chi connectivity index (χ1) is 10.0. The van der Waals surface area contributed by atoms with Crippen LogP contribution in [-0.2, 0) is 6.54 Å². The lowest BCUT2D eigenvalue weighted by Gasteiger charge is -2.15. The molecule has 1 aliphatic rings. The average Bonchev–Trinajstić information content (AvgIpc) is 2.68. The molecule has 2 amide bonds. The highest BCUT2D eigenvalue weighted by atomic mass is 35.5. The van der Waals surface area contributed by atoms with Crippen LogP contribution < -0.4 is 0 Å². The summed E-state index contributed by atoms with van der Waals surface area (Å²) in [7, 11) is 0. The van der Waals surface area contributed by atoms with Crippen molar-refractivity contribution in [2.75, 3.05) is 0 Å². The van der Waals surface area contributed by atoms with Gasteiger partial charge in [0.05, 0.1) is 17.7 Å². The number of amides is 2. The van der Waals surface area contributed by atoms with Gasteiger partial charge in [-0.05, 0) is 24.3 Å². The molecule has 1 aliphatic heterocycles. The van der Waals surface area contributed by atoms with Crippen molar-refractivity contribution in [1.29, 1.82) is 0 Å². The SMILES string of the molecule is O=C1c2cccc(O)c2C(=O)N1Cc1c(Cl)cccc1Cl. The van der Waals surface area contributed by atoms with Gasteiger partial charge in [-0.25, -0.2) is 0 Å². The third kappa shape index (κ3) is 2.17. The van der Waals surface area contributed by atoms with E-state index < -0.39 is 11.8 Å². The molecule has 0 radical (unpaired) electrons. The second-order valence-electron chi connectivity index (χ2n) is 4.60. The molecule has 3 rings (SSSR count). The quantitative estimate of drug-likeness (QED) is 0.861. The molecule has 0 unspecified atom stereocenters. The van der Waals surface area contributed by atoms with E-state index in [0.29, 0.717) is 15.6 Å². The first-order valence-corrected chi connectivity index (χ1v) is 6.87. The number of phenols is 1. The second kappa shape index (κ2) is 5.06. The van der Waals surface area contributed by atoms with Crippen LogP contribution in [0.5, 0.6) is 5.75 Å². The molecular formula is C15H9Cl2NO3. The molecule has 0 aliphatic carbocycles. The molecule has 0 saturated carbocycles. The molecule has 1 N–H and O–H groups in total. The number of hydrogen-bond acceptors (Lipinski definition) is 3. The number of phenolic OH excluding ortho intramolecular Hbond substituents is 1. The number of imide groups is 1. The van der Waals surface area contributed by atoms with Crippen LogP contribution in [0.3, 0.4) is 0 Å². The summed E-state index contributed by atoms with van der Waals surface area (Å²) in [6.07, 6.45) is 0. The van der Waals surface area contributed by atoms with Crippen LogP contribution in [0.1, 0.15) is 26.3 Å². The topological polar surface area (TPSA) is 57.6 Å². The minimum Gasteiger partial charge on any atom is -0.507 e. The fourth-order valence-electron chi connectivity index (χ4n) is 2.30. The van der Waals surface area contributed by atoms with E-state index in [9.17, 15) is 14.7 Å². The van der Waals surface area contributed by atoms with Gasteiger partial charge in [0.25, 0.3) is 11.8 Å². The van der Waals surface area contributed by atoms with Gasteiger partial charge in [-0.15, -0.1) is 0 Å². The summed E-state index contributed by atoms with van der Waals surface area (Å²) in [4.78, 5) is 25.6. The summed E-state index contributed by atoms with van der Waals surface area (Å²) in [6, 6.07) is 9.35. The molecule has 6 heteroatoms. The molecule has 0 aromatic heterocycles. The smallest absolute Gasteiger partial charge is 0.265 e. The lowest BCUT2D eigenvalue weighted by Crippen LogP contribution is -2.29. The number of hydrogen-bond donors (Lipinski definition) is 1. The molecule has 0 spiro atoms. The number of nitrogens with zero attached hydrogens (tertiary/aromatic N) is 1. The molecule has 2 aromatic rings. The van der Waals surface area contributed by atoms with Crippen LogP contribution in [0.4, 0.5) is 0 Å². The number of aromatic hydroxyl groups is 1. The standard InChI is InChI=1S/C15H9Cl2NO3/c16-10-4-2-5-11(17)9(10)7-18-14(20)8-3-1-6-12(19)13(8)15(18)21/h1-6,19H,7H2. The van der Waals surface area contributed by atoms with Crippen LogP contribution in [0.2, 0.25) is 10.0 Å². The van der Waals surface area contributed by atoms with E-state index in [2.05, 4.69) is 0 Å². The first kappa shape index (κ1) is 13.9. The molecule has 2 aromatic carbocycles. The van der Waals surface area contributed by atoms with Crippen molar-refractivity contribution in [2.45, 2.75) is 6.54 Å². The van der Waals surface area contributed by atoms with E-state index in [0.717, 1.165) is 4.90 Å².